The highest BCUT2D eigenvalue weighted by Gasteiger charge is 2.13. The Kier molecular flexibility index (Phi) is 15.0. The van der Waals surface area contributed by atoms with Crippen LogP contribution in [0.25, 0.3) is 0 Å². The lowest BCUT2D eigenvalue weighted by Gasteiger charge is -2.21. The molecule has 0 bridgehead atoms. The van der Waals surface area contributed by atoms with E-state index >= 15 is 0 Å². The van der Waals surface area contributed by atoms with Gasteiger partial charge in [0.1, 0.15) is 0 Å². The van der Waals surface area contributed by atoms with E-state index in [-0.39, 0.29) is 24.0 Å². The smallest absolute Gasteiger partial charge is 0.191 e. The molecule has 2 heterocycles. The number of benzene rings is 1. The molecule has 2 N–H and O–H groups in total. The van der Waals surface area contributed by atoms with Crippen LogP contribution in [-0.2, 0) is 22.6 Å². The monoisotopic (exact) mass is 572 g/mol. The number of nitrogens with zero attached hydrogens (tertiary/aromatic N) is 2. The largest absolute Gasteiger partial charge is 0.381 e. The van der Waals surface area contributed by atoms with Crippen LogP contribution in [0, 0.1) is 5.92 Å². The second kappa shape index (κ2) is 17.5. The normalized spacial score (nSPS) is 18.4. The van der Waals surface area contributed by atoms with Crippen LogP contribution in [0.1, 0.15) is 63.0 Å². The van der Waals surface area contributed by atoms with Crippen molar-refractivity contribution >= 4 is 29.9 Å². The molecule has 0 radical (unpaired) electrons. The lowest BCUT2D eigenvalue weighted by Crippen LogP contribution is -2.38. The Bertz CT molecular complexity index is 659. The van der Waals surface area contributed by atoms with Crippen LogP contribution in [0.15, 0.2) is 29.3 Å². The van der Waals surface area contributed by atoms with Gasteiger partial charge in [-0.25, -0.2) is 4.99 Å². The van der Waals surface area contributed by atoms with Gasteiger partial charge >= 0.3 is 0 Å². The Balaban J connectivity index is 0.00000385. The quantitative estimate of drug-likeness (QED) is 0.176. The zero-order valence-corrected chi connectivity index (χ0v) is 22.9. The highest BCUT2D eigenvalue weighted by atomic mass is 127. The summed E-state index contributed by atoms with van der Waals surface area (Å²) in [4.78, 5) is 7.41. The molecule has 0 saturated carbocycles. The molecule has 33 heavy (non-hydrogen) atoms. The van der Waals surface area contributed by atoms with E-state index in [1.807, 2.05) is 0 Å². The zero-order chi connectivity index (χ0) is 22.3. The van der Waals surface area contributed by atoms with Gasteiger partial charge in [0, 0.05) is 46.1 Å². The number of halogens is 1. The lowest BCUT2D eigenvalue weighted by atomic mass is 10.0. The Morgan fingerprint density at radius 1 is 1.09 bits per heavy atom. The van der Waals surface area contributed by atoms with E-state index < -0.39 is 0 Å². The number of likely N-dealkylation sites (tertiary alicyclic amines) is 1. The minimum Gasteiger partial charge on any atom is -0.381 e. The molecule has 0 aliphatic carbocycles. The van der Waals surface area contributed by atoms with Gasteiger partial charge in [-0.1, -0.05) is 37.1 Å². The molecule has 6 nitrogen and oxygen atoms in total. The molecule has 2 fully saturated rings. The summed E-state index contributed by atoms with van der Waals surface area (Å²) in [6.45, 7) is 11.5. The SMILES string of the molecule is CCNC(=NCc1cccc(CN2CCCCCC2)c1)NCCCOCC1CCOCC1.I. The number of guanidine groups is 1. The van der Waals surface area contributed by atoms with Crippen molar-refractivity contribution < 1.29 is 9.47 Å². The number of hydrogen-bond acceptors (Lipinski definition) is 4. The standard InChI is InChI=1S/C26H44N4O2.HI/c1-2-27-26(28-13-8-16-32-22-23-11-17-31-18-12-23)29-20-24-9-7-10-25(19-24)21-30-14-5-3-4-6-15-30;/h7,9-10,19,23H,2-6,8,11-18,20-22H2,1H3,(H2,27,28,29);1H. The van der Waals surface area contributed by atoms with Crippen molar-refractivity contribution in [2.24, 2.45) is 10.9 Å². The van der Waals surface area contributed by atoms with Crippen molar-refractivity contribution in [3.63, 3.8) is 0 Å². The maximum absolute atomic E-state index is 5.87. The minimum absolute atomic E-state index is 0. The summed E-state index contributed by atoms with van der Waals surface area (Å²) in [5.41, 5.74) is 2.67. The first-order valence-electron chi connectivity index (χ1n) is 12.8. The second-order valence-corrected chi connectivity index (χ2v) is 9.12. The van der Waals surface area contributed by atoms with Crippen molar-refractivity contribution in [2.75, 3.05) is 52.6 Å². The molecule has 0 spiro atoms. The van der Waals surface area contributed by atoms with E-state index in [1.165, 1.54) is 49.9 Å². The molecule has 1 aromatic carbocycles. The van der Waals surface area contributed by atoms with E-state index in [4.69, 9.17) is 14.5 Å². The van der Waals surface area contributed by atoms with Gasteiger partial charge in [-0.15, -0.1) is 24.0 Å². The van der Waals surface area contributed by atoms with Crippen molar-refractivity contribution in [2.45, 2.75) is 65.0 Å². The number of nitrogens with one attached hydrogen (secondary N) is 2. The van der Waals surface area contributed by atoms with Gasteiger partial charge in [0.25, 0.3) is 0 Å². The van der Waals surface area contributed by atoms with Crippen molar-refractivity contribution in [1.29, 1.82) is 0 Å². The fourth-order valence-corrected chi connectivity index (χ4v) is 4.44. The van der Waals surface area contributed by atoms with Gasteiger partial charge < -0.3 is 20.1 Å². The first-order chi connectivity index (χ1) is 15.8. The van der Waals surface area contributed by atoms with E-state index in [1.54, 1.807) is 0 Å². The van der Waals surface area contributed by atoms with Crippen LogP contribution in [0.4, 0.5) is 0 Å². The Labute approximate surface area is 218 Å². The highest BCUT2D eigenvalue weighted by molar-refractivity contribution is 14.0. The van der Waals surface area contributed by atoms with Crippen molar-refractivity contribution in [3.05, 3.63) is 35.4 Å². The second-order valence-electron chi connectivity index (χ2n) is 9.12. The van der Waals surface area contributed by atoms with Gasteiger partial charge in [-0.05, 0) is 69.2 Å². The first-order valence-corrected chi connectivity index (χ1v) is 12.8. The third-order valence-electron chi connectivity index (χ3n) is 6.31. The molecule has 2 aliphatic rings. The van der Waals surface area contributed by atoms with E-state index in [0.29, 0.717) is 12.5 Å². The summed E-state index contributed by atoms with van der Waals surface area (Å²) in [6, 6.07) is 8.93. The fraction of sp³-hybridized carbons (Fsp3) is 0.731. The number of rotatable bonds is 11. The summed E-state index contributed by atoms with van der Waals surface area (Å²) in [7, 11) is 0. The molecule has 3 rings (SSSR count). The average molecular weight is 573 g/mol. The molecular weight excluding hydrogens is 527 g/mol. The molecule has 0 atom stereocenters. The Morgan fingerprint density at radius 3 is 2.61 bits per heavy atom. The van der Waals surface area contributed by atoms with Crippen LogP contribution in [0.3, 0.4) is 0 Å². The molecule has 2 aliphatic heterocycles. The first kappa shape index (κ1) is 28.3. The summed E-state index contributed by atoms with van der Waals surface area (Å²) in [5.74, 6) is 1.56. The molecule has 7 heteroatoms. The van der Waals surface area contributed by atoms with Crippen molar-refractivity contribution in [1.82, 2.24) is 15.5 Å². The van der Waals surface area contributed by atoms with Gasteiger partial charge in [-0.2, -0.15) is 0 Å². The Morgan fingerprint density at radius 2 is 1.85 bits per heavy atom. The highest BCUT2D eigenvalue weighted by Crippen LogP contribution is 2.15. The molecule has 1 aromatic rings. The maximum Gasteiger partial charge on any atom is 0.191 e. The third-order valence-corrected chi connectivity index (χ3v) is 6.31. The molecule has 2 saturated heterocycles. The van der Waals surface area contributed by atoms with E-state index in [9.17, 15) is 0 Å². The number of aliphatic imine (C=N–C) groups is 1. The van der Waals surface area contributed by atoms with Crippen LogP contribution in [0.2, 0.25) is 0 Å². The van der Waals surface area contributed by atoms with Crippen molar-refractivity contribution in [3.8, 4) is 0 Å². The van der Waals surface area contributed by atoms with Crippen LogP contribution >= 0.6 is 24.0 Å². The van der Waals surface area contributed by atoms with Crippen LogP contribution in [0.5, 0.6) is 0 Å². The predicted octanol–water partition coefficient (Wildman–Crippen LogP) is 4.57. The molecular formula is C26H45IN4O2. The van der Waals surface area contributed by atoms with Gasteiger partial charge in [-0.3, -0.25) is 4.90 Å². The summed E-state index contributed by atoms with van der Waals surface area (Å²) >= 11 is 0. The third kappa shape index (κ3) is 11.9. The average Bonchev–Trinajstić information content (AvgIpc) is 3.09. The van der Waals surface area contributed by atoms with Gasteiger partial charge in [0.15, 0.2) is 5.96 Å². The molecule has 188 valence electrons. The zero-order valence-electron chi connectivity index (χ0n) is 20.5. The number of ether oxygens (including phenoxy) is 2. The van der Waals surface area contributed by atoms with Crippen LogP contribution in [-0.4, -0.2) is 63.5 Å². The van der Waals surface area contributed by atoms with Gasteiger partial charge in [0.2, 0.25) is 0 Å². The maximum atomic E-state index is 5.87. The fourth-order valence-electron chi connectivity index (χ4n) is 4.44. The topological polar surface area (TPSA) is 58.1 Å². The summed E-state index contributed by atoms with van der Waals surface area (Å²) in [6.07, 6.45) is 8.69. The van der Waals surface area contributed by atoms with Crippen LogP contribution < -0.4 is 10.6 Å². The Hall–Kier alpha value is -0.900. The summed E-state index contributed by atoms with van der Waals surface area (Å²) in [5, 5.41) is 6.81. The lowest BCUT2D eigenvalue weighted by molar-refractivity contribution is 0.0203. The summed E-state index contributed by atoms with van der Waals surface area (Å²) < 4.78 is 11.3. The number of hydrogen-bond donors (Lipinski definition) is 2. The van der Waals surface area contributed by atoms with Gasteiger partial charge in [0.05, 0.1) is 6.54 Å². The van der Waals surface area contributed by atoms with E-state index in [2.05, 4.69) is 46.7 Å². The van der Waals surface area contributed by atoms with E-state index in [0.717, 1.165) is 71.3 Å². The minimum atomic E-state index is 0. The predicted molar refractivity (Wildman–Crippen MR) is 147 cm³/mol. The molecule has 0 unspecified atom stereocenters. The molecule has 0 aromatic heterocycles. The molecule has 0 amide bonds.